The minimum atomic E-state index is -0.809. The van der Waals surface area contributed by atoms with Crippen molar-refractivity contribution < 1.29 is 9.84 Å². The minimum absolute atomic E-state index is 0.459. The van der Waals surface area contributed by atoms with E-state index >= 15 is 0 Å². The molecule has 1 saturated carbocycles. The number of hydrogen-bond donors (Lipinski definition) is 1. The Kier molecular flexibility index (Phi) is 3.14. The molecular formula is C14H16O2. The number of hydrogen-bond acceptors (Lipinski definition) is 2. The standard InChI is InChI=1S/C14H16O2/c1-2-13(14(15)9-6-10-14)16-11-12-7-4-3-5-8-12/h3-5,7-8,15H,1,6,9-11H2. The van der Waals surface area contributed by atoms with Crippen LogP contribution in [0.2, 0.25) is 0 Å². The number of aliphatic hydroxyl groups is 1. The van der Waals surface area contributed by atoms with Gasteiger partial charge in [-0.05, 0) is 24.8 Å². The quantitative estimate of drug-likeness (QED) is 0.619. The van der Waals surface area contributed by atoms with E-state index in [2.05, 4.69) is 12.3 Å². The Hall–Kier alpha value is -1.50. The molecule has 84 valence electrons. The molecule has 0 amide bonds. The summed E-state index contributed by atoms with van der Waals surface area (Å²) < 4.78 is 5.58. The first-order chi connectivity index (χ1) is 7.74. The molecule has 0 atom stereocenters. The molecule has 1 aromatic carbocycles. The Morgan fingerprint density at radius 3 is 2.56 bits per heavy atom. The average Bonchev–Trinajstić information content (AvgIpc) is 2.29. The zero-order valence-electron chi connectivity index (χ0n) is 9.28. The van der Waals surface area contributed by atoms with E-state index in [0.29, 0.717) is 12.4 Å². The van der Waals surface area contributed by atoms with E-state index in [-0.39, 0.29) is 0 Å². The van der Waals surface area contributed by atoms with Crippen molar-refractivity contribution in [3.05, 3.63) is 54.0 Å². The Morgan fingerprint density at radius 2 is 2.06 bits per heavy atom. The summed E-state index contributed by atoms with van der Waals surface area (Å²) in [6.07, 6.45) is 2.54. The molecular weight excluding hydrogens is 200 g/mol. The largest absolute Gasteiger partial charge is 0.482 e. The third kappa shape index (κ3) is 2.19. The van der Waals surface area contributed by atoms with E-state index in [1.54, 1.807) is 0 Å². The van der Waals surface area contributed by atoms with E-state index in [9.17, 15) is 5.11 Å². The summed E-state index contributed by atoms with van der Waals surface area (Å²) in [5, 5.41) is 10.1. The Morgan fingerprint density at radius 1 is 1.38 bits per heavy atom. The highest BCUT2D eigenvalue weighted by molar-refractivity contribution is 5.16. The third-order valence-corrected chi connectivity index (χ3v) is 2.99. The van der Waals surface area contributed by atoms with Gasteiger partial charge in [-0.25, -0.2) is 0 Å². The van der Waals surface area contributed by atoms with E-state index in [0.717, 1.165) is 24.8 Å². The van der Waals surface area contributed by atoms with Crippen molar-refractivity contribution in [2.75, 3.05) is 0 Å². The van der Waals surface area contributed by atoms with Crippen LogP contribution in [0.5, 0.6) is 0 Å². The second kappa shape index (κ2) is 4.56. The summed E-state index contributed by atoms with van der Waals surface area (Å²) in [5.41, 5.74) is 2.98. The molecule has 16 heavy (non-hydrogen) atoms. The highest BCUT2D eigenvalue weighted by Gasteiger charge is 2.40. The van der Waals surface area contributed by atoms with Crippen LogP contribution in [0, 0.1) is 0 Å². The SMILES string of the molecule is C=C=C(OCc1ccccc1)C1(O)CCC1. The lowest BCUT2D eigenvalue weighted by atomic mass is 9.79. The number of ether oxygens (including phenoxy) is 1. The summed E-state index contributed by atoms with van der Waals surface area (Å²) >= 11 is 0. The number of rotatable bonds is 4. The molecule has 0 aromatic heterocycles. The maximum Gasteiger partial charge on any atom is 0.170 e. The first kappa shape index (κ1) is 11.0. The second-order valence-corrected chi connectivity index (χ2v) is 4.17. The van der Waals surface area contributed by atoms with Crippen molar-refractivity contribution in [2.45, 2.75) is 31.5 Å². The summed E-state index contributed by atoms with van der Waals surface area (Å²) in [7, 11) is 0. The van der Waals surface area contributed by atoms with Crippen LogP contribution < -0.4 is 0 Å². The predicted octanol–water partition coefficient (Wildman–Crippen LogP) is 2.79. The summed E-state index contributed by atoms with van der Waals surface area (Å²) in [4.78, 5) is 0. The molecule has 0 spiro atoms. The molecule has 0 heterocycles. The lowest BCUT2D eigenvalue weighted by Crippen LogP contribution is -2.39. The summed E-state index contributed by atoms with van der Waals surface area (Å²) in [6.45, 7) is 4.03. The Balaban J connectivity index is 1.97. The molecule has 2 nitrogen and oxygen atoms in total. The molecule has 1 aromatic rings. The molecule has 0 bridgehead atoms. The molecule has 1 fully saturated rings. The van der Waals surface area contributed by atoms with Crippen molar-refractivity contribution in [2.24, 2.45) is 0 Å². The van der Waals surface area contributed by atoms with Crippen molar-refractivity contribution in [3.8, 4) is 0 Å². The van der Waals surface area contributed by atoms with Crippen LogP contribution in [0.3, 0.4) is 0 Å². The first-order valence-electron chi connectivity index (χ1n) is 5.54. The van der Waals surface area contributed by atoms with Gasteiger partial charge < -0.3 is 9.84 Å². The summed E-state index contributed by atoms with van der Waals surface area (Å²) in [6, 6.07) is 9.88. The van der Waals surface area contributed by atoms with Gasteiger partial charge in [0.1, 0.15) is 12.2 Å². The Bertz CT molecular complexity index is 398. The van der Waals surface area contributed by atoms with Crippen LogP contribution in [-0.2, 0) is 11.3 Å². The fourth-order valence-corrected chi connectivity index (χ4v) is 1.82. The van der Waals surface area contributed by atoms with Crippen LogP contribution in [-0.4, -0.2) is 10.7 Å². The zero-order valence-corrected chi connectivity index (χ0v) is 9.28. The van der Waals surface area contributed by atoms with Crippen LogP contribution >= 0.6 is 0 Å². The third-order valence-electron chi connectivity index (χ3n) is 2.99. The highest BCUT2D eigenvalue weighted by atomic mass is 16.5. The van der Waals surface area contributed by atoms with Gasteiger partial charge in [-0.3, -0.25) is 0 Å². The maximum atomic E-state index is 10.1. The van der Waals surface area contributed by atoms with E-state index in [4.69, 9.17) is 4.74 Å². The fourth-order valence-electron chi connectivity index (χ4n) is 1.82. The van der Waals surface area contributed by atoms with Crippen molar-refractivity contribution in [3.63, 3.8) is 0 Å². The van der Waals surface area contributed by atoms with Crippen molar-refractivity contribution in [1.29, 1.82) is 0 Å². The molecule has 0 saturated heterocycles. The molecule has 0 unspecified atom stereocenters. The van der Waals surface area contributed by atoms with E-state index < -0.39 is 5.60 Å². The van der Waals surface area contributed by atoms with Gasteiger partial charge in [0, 0.05) is 0 Å². The van der Waals surface area contributed by atoms with Crippen LogP contribution in [0.25, 0.3) is 0 Å². The Labute approximate surface area is 95.9 Å². The highest BCUT2D eigenvalue weighted by Crippen LogP contribution is 2.38. The van der Waals surface area contributed by atoms with Crippen molar-refractivity contribution >= 4 is 0 Å². The number of benzene rings is 1. The fraction of sp³-hybridized carbons (Fsp3) is 0.357. The van der Waals surface area contributed by atoms with Crippen LogP contribution in [0.15, 0.2) is 48.4 Å². The van der Waals surface area contributed by atoms with Gasteiger partial charge in [-0.15, -0.1) is 0 Å². The molecule has 1 aliphatic carbocycles. The molecule has 2 rings (SSSR count). The van der Waals surface area contributed by atoms with Gasteiger partial charge in [-0.1, -0.05) is 42.6 Å². The predicted molar refractivity (Wildman–Crippen MR) is 62.7 cm³/mol. The average molecular weight is 216 g/mol. The van der Waals surface area contributed by atoms with E-state index in [1.165, 1.54) is 0 Å². The topological polar surface area (TPSA) is 29.5 Å². The van der Waals surface area contributed by atoms with Gasteiger partial charge in [0.2, 0.25) is 0 Å². The maximum absolute atomic E-state index is 10.1. The van der Waals surface area contributed by atoms with Crippen LogP contribution in [0.1, 0.15) is 24.8 Å². The van der Waals surface area contributed by atoms with Gasteiger partial charge in [0.15, 0.2) is 5.76 Å². The molecule has 1 aliphatic rings. The van der Waals surface area contributed by atoms with Gasteiger partial charge in [0.05, 0.1) is 0 Å². The lowest BCUT2D eigenvalue weighted by molar-refractivity contribution is -0.0501. The van der Waals surface area contributed by atoms with Crippen molar-refractivity contribution in [1.82, 2.24) is 0 Å². The van der Waals surface area contributed by atoms with E-state index in [1.807, 2.05) is 30.3 Å². The summed E-state index contributed by atoms with van der Waals surface area (Å²) in [5.74, 6) is 0.489. The monoisotopic (exact) mass is 216 g/mol. The molecule has 1 N–H and O–H groups in total. The zero-order chi connectivity index (χ0) is 11.4. The van der Waals surface area contributed by atoms with Crippen LogP contribution in [0.4, 0.5) is 0 Å². The smallest absolute Gasteiger partial charge is 0.170 e. The second-order valence-electron chi connectivity index (χ2n) is 4.17. The van der Waals surface area contributed by atoms with Gasteiger partial charge >= 0.3 is 0 Å². The molecule has 0 radical (unpaired) electrons. The van der Waals surface area contributed by atoms with Gasteiger partial charge in [0.25, 0.3) is 0 Å². The minimum Gasteiger partial charge on any atom is -0.482 e. The molecule has 2 heteroatoms. The molecule has 0 aliphatic heterocycles. The van der Waals surface area contributed by atoms with Gasteiger partial charge in [-0.2, -0.15) is 0 Å². The first-order valence-corrected chi connectivity index (χ1v) is 5.54. The lowest BCUT2D eigenvalue weighted by Gasteiger charge is -2.36. The normalized spacial score (nSPS) is 17.1.